The molecule has 1 saturated heterocycles. The van der Waals surface area contributed by atoms with Crippen LogP contribution in [0.1, 0.15) is 68.4 Å². The minimum atomic E-state index is -0.681. The maximum absolute atomic E-state index is 12.0. The van der Waals surface area contributed by atoms with Crippen LogP contribution >= 0.6 is 0 Å². The lowest BCUT2D eigenvalue weighted by atomic mass is 9.75. The van der Waals surface area contributed by atoms with Gasteiger partial charge in [-0.25, -0.2) is 0 Å². The summed E-state index contributed by atoms with van der Waals surface area (Å²) in [5, 5.41) is 19.7. The maximum Gasteiger partial charge on any atom is 0.249 e. The summed E-state index contributed by atoms with van der Waals surface area (Å²) < 4.78 is 0. The first-order valence-corrected chi connectivity index (χ1v) is 10.2. The number of primary amides is 1. The zero-order valence-corrected chi connectivity index (χ0v) is 17.5. The van der Waals surface area contributed by atoms with Gasteiger partial charge >= 0.3 is 0 Å². The molecule has 1 aromatic rings. The second-order valence-corrected chi connectivity index (χ2v) is 9.93. The fourth-order valence-corrected chi connectivity index (χ4v) is 4.39. The number of aliphatic hydroxyl groups excluding tert-OH is 2. The summed E-state index contributed by atoms with van der Waals surface area (Å²) in [5.74, 6) is -0.393. The van der Waals surface area contributed by atoms with E-state index in [0.717, 1.165) is 36.9 Å². The molecule has 2 unspecified atom stereocenters. The average molecular weight is 387 g/mol. The first kappa shape index (κ1) is 21.0. The Morgan fingerprint density at radius 1 is 1.25 bits per heavy atom. The quantitative estimate of drug-likeness (QED) is 0.726. The molecular formula is C23H34N2O3. The van der Waals surface area contributed by atoms with E-state index in [1.807, 2.05) is 12.1 Å². The molecule has 3 rings (SSSR count). The van der Waals surface area contributed by atoms with E-state index >= 15 is 0 Å². The molecule has 2 aliphatic rings. The van der Waals surface area contributed by atoms with Gasteiger partial charge < -0.3 is 15.9 Å². The van der Waals surface area contributed by atoms with Crippen LogP contribution in [0.2, 0.25) is 0 Å². The summed E-state index contributed by atoms with van der Waals surface area (Å²) in [6.07, 6.45) is 3.93. The molecule has 1 amide bonds. The van der Waals surface area contributed by atoms with Crippen LogP contribution in [-0.2, 0) is 5.41 Å². The number of carbonyl (C=O) groups is 1. The Kier molecular flexibility index (Phi) is 5.72. The first-order valence-electron chi connectivity index (χ1n) is 10.2. The van der Waals surface area contributed by atoms with E-state index in [4.69, 9.17) is 5.73 Å². The summed E-state index contributed by atoms with van der Waals surface area (Å²) in [6.45, 7) is 10.6. The minimum absolute atomic E-state index is 0.191. The van der Waals surface area contributed by atoms with E-state index in [9.17, 15) is 15.0 Å². The molecule has 2 atom stereocenters. The predicted octanol–water partition coefficient (Wildman–Crippen LogP) is 2.69. The SMILES string of the molecule is CC1(C)CC=C(c2cc(C(C)(C)CN3CC(O)C(O)C3)ccc2C(N)=O)CC1. The molecule has 154 valence electrons. The summed E-state index contributed by atoms with van der Waals surface area (Å²) >= 11 is 0. The zero-order valence-electron chi connectivity index (χ0n) is 17.5. The van der Waals surface area contributed by atoms with Gasteiger partial charge in [0.25, 0.3) is 0 Å². The Morgan fingerprint density at radius 3 is 2.43 bits per heavy atom. The van der Waals surface area contributed by atoms with Gasteiger partial charge in [-0.05, 0) is 47.4 Å². The van der Waals surface area contributed by atoms with Crippen LogP contribution in [0.15, 0.2) is 24.3 Å². The molecule has 5 nitrogen and oxygen atoms in total. The monoisotopic (exact) mass is 386 g/mol. The highest BCUT2D eigenvalue weighted by Crippen LogP contribution is 2.40. The first-order chi connectivity index (χ1) is 13.0. The van der Waals surface area contributed by atoms with Crippen LogP contribution in [-0.4, -0.2) is 52.9 Å². The predicted molar refractivity (Wildman–Crippen MR) is 112 cm³/mol. The van der Waals surface area contributed by atoms with Gasteiger partial charge in [0, 0.05) is 30.6 Å². The van der Waals surface area contributed by atoms with Crippen LogP contribution in [0.5, 0.6) is 0 Å². The number of allylic oxidation sites excluding steroid dienone is 2. The summed E-state index contributed by atoms with van der Waals surface area (Å²) in [4.78, 5) is 14.1. The van der Waals surface area contributed by atoms with Gasteiger partial charge in [-0.3, -0.25) is 9.69 Å². The number of amides is 1. The fraction of sp³-hybridized carbons (Fsp3) is 0.609. The van der Waals surface area contributed by atoms with Gasteiger partial charge in [0.2, 0.25) is 5.91 Å². The number of benzene rings is 1. The zero-order chi connectivity index (χ0) is 20.7. The van der Waals surface area contributed by atoms with E-state index in [-0.39, 0.29) is 5.41 Å². The molecule has 4 N–H and O–H groups in total. The van der Waals surface area contributed by atoms with E-state index in [1.54, 1.807) is 0 Å². The van der Waals surface area contributed by atoms with Gasteiger partial charge in [0.05, 0.1) is 12.2 Å². The van der Waals surface area contributed by atoms with Crippen LogP contribution < -0.4 is 5.73 Å². The topological polar surface area (TPSA) is 86.8 Å². The smallest absolute Gasteiger partial charge is 0.249 e. The average Bonchev–Trinajstić information content (AvgIpc) is 2.91. The number of hydrogen-bond donors (Lipinski definition) is 3. The van der Waals surface area contributed by atoms with Crippen LogP contribution in [0.4, 0.5) is 0 Å². The Labute approximate surface area is 168 Å². The van der Waals surface area contributed by atoms with E-state index < -0.39 is 18.1 Å². The van der Waals surface area contributed by atoms with Crippen molar-refractivity contribution in [1.82, 2.24) is 4.90 Å². The minimum Gasteiger partial charge on any atom is -0.389 e. The van der Waals surface area contributed by atoms with Gasteiger partial charge in [-0.2, -0.15) is 0 Å². The molecule has 28 heavy (non-hydrogen) atoms. The lowest BCUT2D eigenvalue weighted by Gasteiger charge is -2.32. The highest BCUT2D eigenvalue weighted by atomic mass is 16.3. The molecule has 0 saturated carbocycles. The van der Waals surface area contributed by atoms with Crippen molar-refractivity contribution < 1.29 is 15.0 Å². The Bertz CT molecular complexity index is 772. The number of carbonyl (C=O) groups excluding carboxylic acids is 1. The number of nitrogens with two attached hydrogens (primary N) is 1. The van der Waals surface area contributed by atoms with Gasteiger partial charge in [-0.1, -0.05) is 45.9 Å². The molecule has 0 radical (unpaired) electrons. The highest BCUT2D eigenvalue weighted by Gasteiger charge is 2.34. The van der Waals surface area contributed by atoms with Crippen LogP contribution in [0, 0.1) is 5.41 Å². The van der Waals surface area contributed by atoms with Crippen molar-refractivity contribution >= 4 is 11.5 Å². The maximum atomic E-state index is 12.0. The van der Waals surface area contributed by atoms with Crippen molar-refractivity contribution in [2.75, 3.05) is 19.6 Å². The van der Waals surface area contributed by atoms with Crippen LogP contribution in [0.25, 0.3) is 5.57 Å². The normalized spacial score (nSPS) is 25.6. The van der Waals surface area contributed by atoms with E-state index in [0.29, 0.717) is 24.1 Å². The van der Waals surface area contributed by atoms with Crippen molar-refractivity contribution in [2.45, 2.75) is 64.6 Å². The third-order valence-corrected chi connectivity index (χ3v) is 6.34. The summed E-state index contributed by atoms with van der Waals surface area (Å²) in [5.41, 5.74) is 9.65. The number of nitrogens with zero attached hydrogens (tertiary/aromatic N) is 1. The van der Waals surface area contributed by atoms with Crippen molar-refractivity contribution in [3.63, 3.8) is 0 Å². The van der Waals surface area contributed by atoms with Crippen molar-refractivity contribution in [2.24, 2.45) is 11.1 Å². The van der Waals surface area contributed by atoms with Crippen LogP contribution in [0.3, 0.4) is 0 Å². The summed E-state index contributed by atoms with van der Waals surface area (Å²) in [7, 11) is 0. The number of aliphatic hydroxyl groups is 2. The van der Waals surface area contributed by atoms with Gasteiger partial charge in [0.1, 0.15) is 0 Å². The molecular weight excluding hydrogens is 352 g/mol. The van der Waals surface area contributed by atoms with E-state index in [2.05, 4.69) is 44.7 Å². The Morgan fingerprint density at radius 2 is 1.89 bits per heavy atom. The third-order valence-electron chi connectivity index (χ3n) is 6.34. The van der Waals surface area contributed by atoms with Crippen molar-refractivity contribution in [1.29, 1.82) is 0 Å². The largest absolute Gasteiger partial charge is 0.389 e. The number of β-amino-alcohol motifs (C(OH)–C–C–N with tert-alkyl or cyclic N) is 2. The van der Waals surface area contributed by atoms with E-state index in [1.165, 1.54) is 5.57 Å². The standard InChI is InChI=1S/C23H34N2O3/c1-22(2)9-7-15(8-10-22)18-11-16(5-6-17(18)21(24)28)23(3,4)14-25-12-19(26)20(27)13-25/h5-7,11,19-20,26-27H,8-10,12-14H2,1-4H3,(H2,24,28). The lowest BCUT2D eigenvalue weighted by molar-refractivity contribution is 0.0572. The molecule has 5 heteroatoms. The molecule has 1 aromatic carbocycles. The van der Waals surface area contributed by atoms with Crippen molar-refractivity contribution in [3.05, 3.63) is 41.0 Å². The van der Waals surface area contributed by atoms with Gasteiger partial charge in [-0.15, -0.1) is 0 Å². The molecule has 1 fully saturated rings. The molecule has 1 heterocycles. The summed E-state index contributed by atoms with van der Waals surface area (Å²) in [6, 6.07) is 5.95. The fourth-order valence-electron chi connectivity index (χ4n) is 4.39. The number of hydrogen-bond acceptors (Lipinski definition) is 4. The molecule has 1 aliphatic carbocycles. The van der Waals surface area contributed by atoms with Crippen molar-refractivity contribution in [3.8, 4) is 0 Å². The number of rotatable bonds is 5. The Balaban J connectivity index is 1.90. The second-order valence-electron chi connectivity index (χ2n) is 9.93. The Hall–Kier alpha value is -1.69. The highest BCUT2D eigenvalue weighted by molar-refractivity contribution is 5.98. The number of likely N-dealkylation sites (tertiary alicyclic amines) is 1. The molecule has 0 aromatic heterocycles. The molecule has 0 spiro atoms. The lowest BCUT2D eigenvalue weighted by Crippen LogP contribution is -2.36. The molecule has 1 aliphatic heterocycles. The molecule has 0 bridgehead atoms. The van der Waals surface area contributed by atoms with Gasteiger partial charge in [0.15, 0.2) is 0 Å². The third kappa shape index (κ3) is 4.48. The second kappa shape index (κ2) is 7.62.